The summed E-state index contributed by atoms with van der Waals surface area (Å²) >= 11 is 0. The van der Waals surface area contributed by atoms with Gasteiger partial charge in [0.2, 0.25) is 10.0 Å². The van der Waals surface area contributed by atoms with Crippen molar-refractivity contribution in [2.45, 2.75) is 31.8 Å². The van der Waals surface area contributed by atoms with Gasteiger partial charge in [0.15, 0.2) is 0 Å². The first-order valence-corrected chi connectivity index (χ1v) is 8.10. The number of rotatable bonds is 5. The van der Waals surface area contributed by atoms with Crippen LogP contribution in [0.15, 0.2) is 29.3 Å². The van der Waals surface area contributed by atoms with Crippen molar-refractivity contribution in [3.05, 3.63) is 46.8 Å². The van der Waals surface area contributed by atoms with Crippen LogP contribution in [0.4, 0.5) is 0 Å². The molecule has 114 valence electrons. The predicted octanol–water partition coefficient (Wildman–Crippen LogP) is 0.974. The summed E-state index contributed by atoms with van der Waals surface area (Å²) in [4.78, 5) is 0.279. The van der Waals surface area contributed by atoms with Crippen LogP contribution in [-0.2, 0) is 30.2 Å². The van der Waals surface area contributed by atoms with Crippen molar-refractivity contribution in [3.8, 4) is 0 Å². The average Bonchev–Trinajstić information content (AvgIpc) is 2.76. The third-order valence-corrected chi connectivity index (χ3v) is 5.12. The van der Waals surface area contributed by atoms with Gasteiger partial charge in [0.05, 0.1) is 11.1 Å². The molecule has 0 saturated carbocycles. The third-order valence-electron chi connectivity index (χ3n) is 3.55. The first-order valence-electron chi connectivity index (χ1n) is 6.62. The molecule has 6 nitrogen and oxygen atoms in total. The van der Waals surface area contributed by atoms with E-state index in [1.54, 1.807) is 36.0 Å². The fourth-order valence-electron chi connectivity index (χ4n) is 2.11. The van der Waals surface area contributed by atoms with Crippen molar-refractivity contribution in [1.82, 2.24) is 14.5 Å². The van der Waals surface area contributed by atoms with E-state index in [2.05, 4.69) is 9.82 Å². The number of aryl methyl sites for hydroxylation is 2. The number of hydrogen-bond acceptors (Lipinski definition) is 4. The summed E-state index contributed by atoms with van der Waals surface area (Å²) < 4.78 is 29.1. The van der Waals surface area contributed by atoms with E-state index in [0.29, 0.717) is 12.1 Å². The lowest BCUT2D eigenvalue weighted by molar-refractivity contribution is 0.580. The number of nitrogens with one attached hydrogen (secondary N) is 1. The Balaban J connectivity index is 2.21. The summed E-state index contributed by atoms with van der Waals surface area (Å²) in [6.07, 6.45) is 1.67. The quantitative estimate of drug-likeness (QED) is 0.861. The maximum absolute atomic E-state index is 12.4. The zero-order valence-electron chi connectivity index (χ0n) is 12.4. The van der Waals surface area contributed by atoms with Crippen molar-refractivity contribution < 1.29 is 8.42 Å². The van der Waals surface area contributed by atoms with E-state index in [4.69, 9.17) is 5.73 Å². The van der Waals surface area contributed by atoms with Gasteiger partial charge in [-0.2, -0.15) is 5.10 Å². The number of hydrogen-bond donors (Lipinski definition) is 2. The van der Waals surface area contributed by atoms with Crippen molar-refractivity contribution in [2.24, 2.45) is 12.8 Å². The van der Waals surface area contributed by atoms with Crippen LogP contribution in [0.2, 0.25) is 0 Å². The minimum absolute atomic E-state index is 0.222. The molecule has 21 heavy (non-hydrogen) atoms. The Morgan fingerprint density at radius 2 is 2.05 bits per heavy atom. The van der Waals surface area contributed by atoms with Gasteiger partial charge in [0.1, 0.15) is 0 Å². The fourth-order valence-corrected chi connectivity index (χ4v) is 3.34. The van der Waals surface area contributed by atoms with Crippen LogP contribution in [0.3, 0.4) is 0 Å². The molecule has 1 aromatic carbocycles. The maximum Gasteiger partial charge on any atom is 0.241 e. The lowest BCUT2D eigenvalue weighted by Crippen LogP contribution is -2.24. The summed E-state index contributed by atoms with van der Waals surface area (Å²) in [6, 6.07) is 5.12. The monoisotopic (exact) mass is 308 g/mol. The molecule has 0 fully saturated rings. The molecule has 0 aliphatic carbocycles. The summed E-state index contributed by atoms with van der Waals surface area (Å²) in [7, 11) is -1.73. The molecule has 0 aliphatic rings. The first-order chi connectivity index (χ1) is 9.85. The standard InChI is InChI=1S/C14H20N4O2S/c1-10-6-12(7-15)4-5-14(10)21(19,20)17-9-13-8-16-18(3)11(13)2/h4-6,8,17H,7,9,15H2,1-3H3. The van der Waals surface area contributed by atoms with E-state index in [1.807, 2.05) is 14.0 Å². The van der Waals surface area contributed by atoms with Crippen LogP contribution < -0.4 is 10.5 Å². The molecule has 0 aliphatic heterocycles. The number of nitrogens with two attached hydrogens (primary N) is 1. The van der Waals surface area contributed by atoms with Crippen LogP contribution in [-0.4, -0.2) is 18.2 Å². The minimum atomic E-state index is -3.55. The van der Waals surface area contributed by atoms with Crippen molar-refractivity contribution in [2.75, 3.05) is 0 Å². The van der Waals surface area contributed by atoms with Crippen LogP contribution >= 0.6 is 0 Å². The molecule has 0 bridgehead atoms. The zero-order chi connectivity index (χ0) is 15.6. The highest BCUT2D eigenvalue weighted by atomic mass is 32.2. The Morgan fingerprint density at radius 1 is 1.33 bits per heavy atom. The van der Waals surface area contributed by atoms with Crippen LogP contribution in [0.1, 0.15) is 22.4 Å². The SMILES string of the molecule is Cc1cc(CN)ccc1S(=O)(=O)NCc1cnn(C)c1C. The van der Waals surface area contributed by atoms with Gasteiger partial charge in [0.25, 0.3) is 0 Å². The first kappa shape index (κ1) is 15.7. The summed E-state index contributed by atoms with van der Waals surface area (Å²) in [5.41, 5.74) is 8.95. The maximum atomic E-state index is 12.4. The molecular weight excluding hydrogens is 288 g/mol. The van der Waals surface area contributed by atoms with Gasteiger partial charge in [-0.25, -0.2) is 13.1 Å². The molecular formula is C14H20N4O2S. The number of benzene rings is 1. The van der Waals surface area contributed by atoms with Gasteiger partial charge in [-0.05, 0) is 31.0 Å². The fraction of sp³-hybridized carbons (Fsp3) is 0.357. The molecule has 0 amide bonds. The summed E-state index contributed by atoms with van der Waals surface area (Å²) in [5.74, 6) is 0. The van der Waals surface area contributed by atoms with E-state index in [9.17, 15) is 8.42 Å². The Labute approximate surface area is 125 Å². The third kappa shape index (κ3) is 3.31. The Hall–Kier alpha value is -1.70. The van der Waals surface area contributed by atoms with E-state index in [1.165, 1.54) is 0 Å². The molecule has 1 aromatic heterocycles. The highest BCUT2D eigenvalue weighted by molar-refractivity contribution is 7.89. The summed E-state index contributed by atoms with van der Waals surface area (Å²) in [5, 5.41) is 4.10. The minimum Gasteiger partial charge on any atom is -0.326 e. The van der Waals surface area contributed by atoms with Gasteiger partial charge in [-0.1, -0.05) is 12.1 Å². The lowest BCUT2D eigenvalue weighted by Gasteiger charge is -2.10. The lowest BCUT2D eigenvalue weighted by atomic mass is 10.1. The Morgan fingerprint density at radius 3 is 2.57 bits per heavy atom. The second-order valence-electron chi connectivity index (χ2n) is 5.01. The van der Waals surface area contributed by atoms with Gasteiger partial charge in [-0.3, -0.25) is 4.68 Å². The zero-order valence-corrected chi connectivity index (χ0v) is 13.2. The normalized spacial score (nSPS) is 11.8. The molecule has 1 heterocycles. The number of sulfonamides is 1. The molecule has 0 unspecified atom stereocenters. The molecule has 0 atom stereocenters. The van der Waals surface area contributed by atoms with E-state index in [0.717, 1.165) is 16.8 Å². The van der Waals surface area contributed by atoms with Crippen LogP contribution in [0.25, 0.3) is 0 Å². The summed E-state index contributed by atoms with van der Waals surface area (Å²) in [6.45, 7) is 4.28. The molecule has 7 heteroatoms. The van der Waals surface area contributed by atoms with Crippen molar-refractivity contribution >= 4 is 10.0 Å². The molecule has 0 radical (unpaired) electrons. The molecule has 2 rings (SSSR count). The molecule has 3 N–H and O–H groups in total. The van der Waals surface area contributed by atoms with Gasteiger partial charge in [-0.15, -0.1) is 0 Å². The molecule has 0 saturated heterocycles. The molecule has 0 spiro atoms. The highest BCUT2D eigenvalue weighted by Gasteiger charge is 2.17. The number of aromatic nitrogens is 2. The topological polar surface area (TPSA) is 90.0 Å². The van der Waals surface area contributed by atoms with Crippen LogP contribution in [0.5, 0.6) is 0 Å². The molecule has 2 aromatic rings. The smallest absolute Gasteiger partial charge is 0.241 e. The second kappa shape index (κ2) is 5.97. The van der Waals surface area contributed by atoms with E-state index in [-0.39, 0.29) is 11.4 Å². The second-order valence-corrected chi connectivity index (χ2v) is 6.74. The van der Waals surface area contributed by atoms with Crippen LogP contribution in [0, 0.1) is 13.8 Å². The Kier molecular flexibility index (Phi) is 4.46. The number of nitrogens with zero attached hydrogens (tertiary/aromatic N) is 2. The van der Waals surface area contributed by atoms with Gasteiger partial charge < -0.3 is 5.73 Å². The highest BCUT2D eigenvalue weighted by Crippen LogP contribution is 2.17. The largest absolute Gasteiger partial charge is 0.326 e. The van der Waals surface area contributed by atoms with Crippen molar-refractivity contribution in [3.63, 3.8) is 0 Å². The van der Waals surface area contributed by atoms with Crippen molar-refractivity contribution in [1.29, 1.82) is 0 Å². The van der Waals surface area contributed by atoms with E-state index < -0.39 is 10.0 Å². The Bertz CT molecular complexity index is 750. The van der Waals surface area contributed by atoms with Gasteiger partial charge >= 0.3 is 0 Å². The predicted molar refractivity (Wildman–Crippen MR) is 81.0 cm³/mol. The van der Waals surface area contributed by atoms with E-state index >= 15 is 0 Å². The average molecular weight is 308 g/mol. The van der Waals surface area contributed by atoms with Gasteiger partial charge in [0, 0.05) is 31.4 Å².